The highest BCUT2D eigenvalue weighted by Crippen LogP contribution is 2.13. The summed E-state index contributed by atoms with van der Waals surface area (Å²) in [7, 11) is 0. The van der Waals surface area contributed by atoms with Crippen LogP contribution >= 0.6 is 0 Å². The predicted octanol–water partition coefficient (Wildman–Crippen LogP) is -0.307. The van der Waals surface area contributed by atoms with Crippen molar-refractivity contribution in [3.8, 4) is 0 Å². The van der Waals surface area contributed by atoms with Gasteiger partial charge in [-0.05, 0) is 6.54 Å². The van der Waals surface area contributed by atoms with E-state index in [-0.39, 0.29) is 17.9 Å². The number of likely N-dealkylation sites (N-methyl/N-ethyl adjacent to an activating group) is 1. The first-order valence-electron chi connectivity index (χ1n) is 6.38. The van der Waals surface area contributed by atoms with Gasteiger partial charge in [-0.2, -0.15) is 0 Å². The molecule has 1 aromatic rings. The number of aromatic amines is 1. The summed E-state index contributed by atoms with van der Waals surface area (Å²) in [6.07, 6.45) is 4.21. The van der Waals surface area contributed by atoms with Gasteiger partial charge in [0.1, 0.15) is 5.82 Å². The van der Waals surface area contributed by atoms with E-state index in [0.29, 0.717) is 19.8 Å². The fraction of sp³-hybridized carbons (Fsp3) is 0.667. The average Bonchev–Trinajstić information content (AvgIpc) is 3.00. The highest BCUT2D eigenvalue weighted by atomic mass is 16.5. The van der Waals surface area contributed by atoms with Crippen LogP contribution in [-0.2, 0) is 16.0 Å². The monoisotopic (exact) mass is 252 g/mol. The Morgan fingerprint density at radius 1 is 1.61 bits per heavy atom. The molecule has 0 spiro atoms. The van der Waals surface area contributed by atoms with Crippen LogP contribution in [0.5, 0.6) is 0 Å². The fourth-order valence-corrected chi connectivity index (χ4v) is 2.15. The SMILES string of the molecule is CCNC1COCC1C(=O)NCCc1ncc[nH]1. The van der Waals surface area contributed by atoms with Crippen LogP contribution in [0.15, 0.2) is 12.4 Å². The number of amides is 1. The van der Waals surface area contributed by atoms with Gasteiger partial charge in [0.25, 0.3) is 0 Å². The number of hydrogen-bond acceptors (Lipinski definition) is 4. The van der Waals surface area contributed by atoms with E-state index in [1.807, 2.05) is 6.92 Å². The van der Waals surface area contributed by atoms with E-state index in [2.05, 4.69) is 20.6 Å². The molecule has 1 aliphatic rings. The molecule has 1 amide bonds. The van der Waals surface area contributed by atoms with Gasteiger partial charge in [0, 0.05) is 31.4 Å². The summed E-state index contributed by atoms with van der Waals surface area (Å²) < 4.78 is 5.35. The van der Waals surface area contributed by atoms with Crippen molar-refractivity contribution in [2.24, 2.45) is 5.92 Å². The Kier molecular flexibility index (Phi) is 4.72. The van der Waals surface area contributed by atoms with E-state index in [1.54, 1.807) is 12.4 Å². The molecular formula is C12H20N4O2. The van der Waals surface area contributed by atoms with E-state index in [9.17, 15) is 4.79 Å². The number of nitrogens with one attached hydrogen (secondary N) is 3. The molecule has 3 N–H and O–H groups in total. The molecule has 2 atom stereocenters. The number of imidazole rings is 1. The molecule has 100 valence electrons. The third kappa shape index (κ3) is 3.30. The predicted molar refractivity (Wildman–Crippen MR) is 67.1 cm³/mol. The Bertz CT molecular complexity index is 366. The van der Waals surface area contributed by atoms with Crippen LogP contribution in [0.2, 0.25) is 0 Å². The molecule has 0 saturated carbocycles. The number of hydrogen-bond donors (Lipinski definition) is 3. The molecule has 0 aromatic carbocycles. The van der Waals surface area contributed by atoms with Crippen LogP contribution in [0.3, 0.4) is 0 Å². The maximum Gasteiger partial charge on any atom is 0.227 e. The molecule has 0 bridgehead atoms. The number of ether oxygens (including phenoxy) is 1. The zero-order valence-electron chi connectivity index (χ0n) is 10.6. The van der Waals surface area contributed by atoms with Crippen molar-refractivity contribution in [2.75, 3.05) is 26.3 Å². The van der Waals surface area contributed by atoms with Crippen LogP contribution in [0.4, 0.5) is 0 Å². The van der Waals surface area contributed by atoms with Gasteiger partial charge in [-0.15, -0.1) is 0 Å². The second kappa shape index (κ2) is 6.51. The van der Waals surface area contributed by atoms with E-state index < -0.39 is 0 Å². The van der Waals surface area contributed by atoms with Gasteiger partial charge in [-0.1, -0.05) is 6.92 Å². The summed E-state index contributed by atoms with van der Waals surface area (Å²) in [5.41, 5.74) is 0. The lowest BCUT2D eigenvalue weighted by atomic mass is 10.0. The molecule has 1 aliphatic heterocycles. The first kappa shape index (κ1) is 13.0. The Labute approximate surface area is 107 Å². The maximum atomic E-state index is 12.0. The number of carbonyl (C=O) groups excluding carboxylic acids is 1. The van der Waals surface area contributed by atoms with Crippen LogP contribution in [-0.4, -0.2) is 48.2 Å². The lowest BCUT2D eigenvalue weighted by Crippen LogP contribution is -2.44. The normalized spacial score (nSPS) is 23.2. The van der Waals surface area contributed by atoms with Crippen molar-refractivity contribution in [3.05, 3.63) is 18.2 Å². The molecular weight excluding hydrogens is 232 g/mol. The first-order valence-corrected chi connectivity index (χ1v) is 6.38. The van der Waals surface area contributed by atoms with Gasteiger partial charge in [0.2, 0.25) is 5.91 Å². The number of aromatic nitrogens is 2. The van der Waals surface area contributed by atoms with Gasteiger partial charge < -0.3 is 20.4 Å². The van der Waals surface area contributed by atoms with E-state index in [0.717, 1.165) is 18.8 Å². The third-order valence-corrected chi connectivity index (χ3v) is 3.10. The van der Waals surface area contributed by atoms with Crippen LogP contribution < -0.4 is 10.6 Å². The lowest BCUT2D eigenvalue weighted by molar-refractivity contribution is -0.125. The van der Waals surface area contributed by atoms with Crippen molar-refractivity contribution in [2.45, 2.75) is 19.4 Å². The van der Waals surface area contributed by atoms with Crippen LogP contribution in [0.1, 0.15) is 12.7 Å². The molecule has 18 heavy (non-hydrogen) atoms. The van der Waals surface area contributed by atoms with Gasteiger partial charge in [-0.25, -0.2) is 4.98 Å². The largest absolute Gasteiger partial charge is 0.379 e. The summed E-state index contributed by atoms with van der Waals surface area (Å²) in [5, 5.41) is 6.21. The highest BCUT2D eigenvalue weighted by molar-refractivity contribution is 5.79. The minimum atomic E-state index is -0.0819. The fourth-order valence-electron chi connectivity index (χ4n) is 2.15. The van der Waals surface area contributed by atoms with Crippen molar-refractivity contribution in [3.63, 3.8) is 0 Å². The van der Waals surface area contributed by atoms with Crippen molar-refractivity contribution in [1.29, 1.82) is 0 Å². The summed E-state index contributed by atoms with van der Waals surface area (Å²) in [5.74, 6) is 0.868. The average molecular weight is 252 g/mol. The van der Waals surface area contributed by atoms with Gasteiger partial charge in [0.15, 0.2) is 0 Å². The molecule has 2 heterocycles. The summed E-state index contributed by atoms with van der Waals surface area (Å²) in [4.78, 5) is 19.1. The lowest BCUT2D eigenvalue weighted by Gasteiger charge is -2.17. The summed E-state index contributed by atoms with van der Waals surface area (Å²) in [6.45, 7) is 4.60. The molecule has 2 unspecified atom stereocenters. The zero-order chi connectivity index (χ0) is 12.8. The number of H-pyrrole nitrogens is 1. The Balaban J connectivity index is 1.73. The number of nitrogens with zero attached hydrogens (tertiary/aromatic N) is 1. The number of rotatable bonds is 6. The molecule has 6 heteroatoms. The summed E-state index contributed by atoms with van der Waals surface area (Å²) >= 11 is 0. The molecule has 2 rings (SSSR count). The topological polar surface area (TPSA) is 79.0 Å². The van der Waals surface area contributed by atoms with Crippen molar-refractivity contribution < 1.29 is 9.53 Å². The third-order valence-electron chi connectivity index (χ3n) is 3.10. The van der Waals surface area contributed by atoms with E-state index in [1.165, 1.54) is 0 Å². The van der Waals surface area contributed by atoms with Gasteiger partial charge in [-0.3, -0.25) is 4.79 Å². The molecule has 1 aromatic heterocycles. The Hall–Kier alpha value is -1.40. The highest BCUT2D eigenvalue weighted by Gasteiger charge is 2.33. The molecule has 0 aliphatic carbocycles. The second-order valence-electron chi connectivity index (χ2n) is 4.39. The minimum absolute atomic E-state index is 0.0602. The molecule has 1 saturated heterocycles. The Morgan fingerprint density at radius 3 is 3.22 bits per heavy atom. The van der Waals surface area contributed by atoms with E-state index in [4.69, 9.17) is 4.74 Å². The standard InChI is InChI=1S/C12H20N4O2/c1-2-13-10-8-18-7-9(10)12(17)16-4-3-11-14-5-6-15-11/h5-6,9-10,13H,2-4,7-8H2,1H3,(H,14,15)(H,16,17). The molecule has 1 fully saturated rings. The van der Waals surface area contributed by atoms with Crippen molar-refractivity contribution >= 4 is 5.91 Å². The quantitative estimate of drug-likeness (QED) is 0.649. The summed E-state index contributed by atoms with van der Waals surface area (Å²) in [6, 6.07) is 0.138. The van der Waals surface area contributed by atoms with Crippen LogP contribution in [0, 0.1) is 5.92 Å². The molecule has 6 nitrogen and oxygen atoms in total. The minimum Gasteiger partial charge on any atom is -0.379 e. The first-order chi connectivity index (χ1) is 8.81. The number of carbonyl (C=O) groups is 1. The van der Waals surface area contributed by atoms with Gasteiger partial charge >= 0.3 is 0 Å². The van der Waals surface area contributed by atoms with E-state index >= 15 is 0 Å². The Morgan fingerprint density at radius 2 is 2.50 bits per heavy atom. The smallest absolute Gasteiger partial charge is 0.227 e. The second-order valence-corrected chi connectivity index (χ2v) is 4.39. The molecule has 0 radical (unpaired) electrons. The maximum absolute atomic E-state index is 12.0. The van der Waals surface area contributed by atoms with Gasteiger partial charge in [0.05, 0.1) is 19.1 Å². The van der Waals surface area contributed by atoms with Crippen molar-refractivity contribution in [1.82, 2.24) is 20.6 Å². The zero-order valence-corrected chi connectivity index (χ0v) is 10.6. The van der Waals surface area contributed by atoms with Crippen LogP contribution in [0.25, 0.3) is 0 Å².